The molecular formula is C27H28ClNO5S. The van der Waals surface area contributed by atoms with Crippen LogP contribution < -0.4 is 10.2 Å². The summed E-state index contributed by atoms with van der Waals surface area (Å²) >= 11 is 7.89. The summed E-state index contributed by atoms with van der Waals surface area (Å²) in [5.41, 5.74) is 5.04. The Kier molecular flexibility index (Phi) is 10.0. The third kappa shape index (κ3) is 7.49. The fourth-order valence-corrected chi connectivity index (χ4v) is 4.84. The SMILES string of the molecule is CCCc1cc(C(=O)c2ccccc2NO)ccc1OCCCSc1ccc(CC(=O)O)cc1Cl. The third-order valence-electron chi connectivity index (χ3n) is 5.29. The minimum Gasteiger partial charge on any atom is -0.493 e. The molecule has 0 aliphatic carbocycles. The molecule has 0 unspecified atom stereocenters. The van der Waals surface area contributed by atoms with Gasteiger partial charge in [-0.25, -0.2) is 0 Å². The van der Waals surface area contributed by atoms with Crippen molar-refractivity contribution in [3.63, 3.8) is 0 Å². The molecule has 0 bridgehead atoms. The molecule has 3 rings (SSSR count). The molecular weight excluding hydrogens is 486 g/mol. The second-order valence-corrected chi connectivity index (χ2v) is 9.49. The van der Waals surface area contributed by atoms with E-state index in [0.717, 1.165) is 41.2 Å². The molecule has 0 aromatic heterocycles. The summed E-state index contributed by atoms with van der Waals surface area (Å²) in [7, 11) is 0. The van der Waals surface area contributed by atoms with Gasteiger partial charge in [-0.15, -0.1) is 11.8 Å². The van der Waals surface area contributed by atoms with E-state index in [-0.39, 0.29) is 12.2 Å². The van der Waals surface area contributed by atoms with Crippen LogP contribution in [0.4, 0.5) is 5.69 Å². The van der Waals surface area contributed by atoms with Crippen LogP contribution in [0, 0.1) is 0 Å². The number of carboxylic acids is 1. The largest absolute Gasteiger partial charge is 0.493 e. The van der Waals surface area contributed by atoms with E-state index >= 15 is 0 Å². The molecule has 0 spiro atoms. The number of halogens is 1. The lowest BCUT2D eigenvalue weighted by atomic mass is 9.98. The van der Waals surface area contributed by atoms with Crippen LogP contribution in [-0.4, -0.2) is 34.4 Å². The molecule has 8 heteroatoms. The van der Waals surface area contributed by atoms with Crippen molar-refractivity contribution < 1.29 is 24.6 Å². The van der Waals surface area contributed by atoms with Crippen molar-refractivity contribution in [1.29, 1.82) is 0 Å². The van der Waals surface area contributed by atoms with Crippen LogP contribution >= 0.6 is 23.4 Å². The van der Waals surface area contributed by atoms with Gasteiger partial charge in [-0.2, -0.15) is 0 Å². The number of hydrogen-bond donors (Lipinski definition) is 3. The van der Waals surface area contributed by atoms with Gasteiger partial charge in [-0.1, -0.05) is 43.1 Å². The van der Waals surface area contributed by atoms with E-state index in [1.54, 1.807) is 54.2 Å². The van der Waals surface area contributed by atoms with Gasteiger partial charge >= 0.3 is 5.97 Å². The zero-order valence-corrected chi connectivity index (χ0v) is 21.0. The molecule has 0 saturated carbocycles. The molecule has 0 amide bonds. The minimum atomic E-state index is -0.884. The maximum absolute atomic E-state index is 13.0. The Hall–Kier alpha value is -3.00. The molecule has 184 valence electrons. The first-order valence-electron chi connectivity index (χ1n) is 11.4. The van der Waals surface area contributed by atoms with Crippen LogP contribution in [0.1, 0.15) is 46.8 Å². The highest BCUT2D eigenvalue weighted by molar-refractivity contribution is 7.99. The van der Waals surface area contributed by atoms with Gasteiger partial charge in [0.05, 0.1) is 23.7 Å². The van der Waals surface area contributed by atoms with Crippen LogP contribution in [-0.2, 0) is 17.6 Å². The smallest absolute Gasteiger partial charge is 0.307 e. The van der Waals surface area contributed by atoms with E-state index in [4.69, 9.17) is 21.4 Å². The van der Waals surface area contributed by atoms with Crippen LogP contribution in [0.2, 0.25) is 5.02 Å². The normalized spacial score (nSPS) is 10.7. The number of para-hydroxylation sites is 1. The van der Waals surface area contributed by atoms with Crippen molar-refractivity contribution in [3.05, 3.63) is 87.9 Å². The molecule has 0 heterocycles. The van der Waals surface area contributed by atoms with Gasteiger partial charge in [0.15, 0.2) is 5.78 Å². The summed E-state index contributed by atoms with van der Waals surface area (Å²) in [6, 6.07) is 17.6. The highest BCUT2D eigenvalue weighted by Gasteiger charge is 2.15. The maximum atomic E-state index is 13.0. The van der Waals surface area contributed by atoms with Crippen LogP contribution in [0.3, 0.4) is 0 Å². The summed E-state index contributed by atoms with van der Waals surface area (Å²) in [6.45, 7) is 2.59. The lowest BCUT2D eigenvalue weighted by Gasteiger charge is -2.14. The molecule has 3 N–H and O–H groups in total. The lowest BCUT2D eigenvalue weighted by molar-refractivity contribution is -0.136. The lowest BCUT2D eigenvalue weighted by Crippen LogP contribution is -2.07. The van der Waals surface area contributed by atoms with Crippen molar-refractivity contribution in [3.8, 4) is 5.75 Å². The van der Waals surface area contributed by atoms with Gasteiger partial charge in [0.1, 0.15) is 5.75 Å². The highest BCUT2D eigenvalue weighted by atomic mass is 35.5. The molecule has 0 aliphatic heterocycles. The number of rotatable bonds is 13. The minimum absolute atomic E-state index is 0.0478. The average molecular weight is 514 g/mol. The number of benzene rings is 3. The number of ether oxygens (including phenoxy) is 1. The second kappa shape index (κ2) is 13.2. The monoisotopic (exact) mass is 513 g/mol. The molecule has 0 radical (unpaired) electrons. The number of carboxylic acid groups (broad SMARTS) is 1. The van der Waals surface area contributed by atoms with Gasteiger partial charge in [0.25, 0.3) is 0 Å². The summed E-state index contributed by atoms with van der Waals surface area (Å²) in [4.78, 5) is 24.7. The van der Waals surface area contributed by atoms with E-state index in [1.165, 1.54) is 0 Å². The van der Waals surface area contributed by atoms with Gasteiger partial charge in [-0.05, 0) is 66.4 Å². The summed E-state index contributed by atoms with van der Waals surface area (Å²) in [5, 5.41) is 18.8. The molecule has 0 fully saturated rings. The zero-order chi connectivity index (χ0) is 25.2. The molecule has 6 nitrogen and oxygen atoms in total. The van der Waals surface area contributed by atoms with Crippen LogP contribution in [0.25, 0.3) is 0 Å². The number of carbonyl (C=O) groups excluding carboxylic acids is 1. The van der Waals surface area contributed by atoms with E-state index in [2.05, 4.69) is 12.4 Å². The summed E-state index contributed by atoms with van der Waals surface area (Å²) in [6.07, 6.45) is 2.44. The van der Waals surface area contributed by atoms with Crippen molar-refractivity contribution in [2.75, 3.05) is 17.8 Å². The van der Waals surface area contributed by atoms with E-state index in [1.807, 2.05) is 18.2 Å². The Morgan fingerprint density at radius 1 is 1.09 bits per heavy atom. The van der Waals surface area contributed by atoms with Crippen molar-refractivity contribution >= 4 is 40.8 Å². The predicted molar refractivity (Wildman–Crippen MR) is 139 cm³/mol. The van der Waals surface area contributed by atoms with Crippen molar-refractivity contribution in [1.82, 2.24) is 0 Å². The Bertz CT molecular complexity index is 1180. The Balaban J connectivity index is 1.58. The number of anilines is 1. The topological polar surface area (TPSA) is 95.9 Å². The standard InChI is InChI=1S/C27H28ClNO5S/c1-2-6-19-17-20(27(32)21-7-3-4-8-23(21)29-33)10-11-24(19)34-13-5-14-35-25-12-9-18(15-22(25)28)16-26(30)31/h3-4,7-12,15,17,29,33H,2,5-6,13-14,16H2,1H3,(H,30,31). The predicted octanol–water partition coefficient (Wildman–Crippen LogP) is 6.51. The quantitative estimate of drug-likeness (QED) is 0.104. The summed E-state index contributed by atoms with van der Waals surface area (Å²) in [5.74, 6) is 0.500. The van der Waals surface area contributed by atoms with Gasteiger partial charge < -0.3 is 9.84 Å². The molecule has 0 saturated heterocycles. The molecule has 35 heavy (non-hydrogen) atoms. The Morgan fingerprint density at radius 3 is 2.60 bits per heavy atom. The first kappa shape index (κ1) is 26.6. The average Bonchev–Trinajstić information content (AvgIpc) is 2.85. The van der Waals surface area contributed by atoms with Gasteiger partial charge in [0, 0.05) is 21.8 Å². The number of hydrogen-bond acceptors (Lipinski definition) is 6. The molecule has 0 atom stereocenters. The third-order valence-corrected chi connectivity index (χ3v) is 6.87. The number of thioether (sulfide) groups is 1. The first-order chi connectivity index (χ1) is 16.9. The maximum Gasteiger partial charge on any atom is 0.307 e. The van der Waals surface area contributed by atoms with Crippen molar-refractivity contribution in [2.24, 2.45) is 0 Å². The van der Waals surface area contributed by atoms with Crippen LogP contribution in [0.15, 0.2) is 65.6 Å². The Morgan fingerprint density at radius 2 is 1.89 bits per heavy atom. The summed E-state index contributed by atoms with van der Waals surface area (Å²) < 4.78 is 6.03. The van der Waals surface area contributed by atoms with Gasteiger partial charge in [-0.3, -0.25) is 20.3 Å². The highest BCUT2D eigenvalue weighted by Crippen LogP contribution is 2.29. The van der Waals surface area contributed by atoms with E-state index in [9.17, 15) is 14.8 Å². The fourth-order valence-electron chi connectivity index (χ4n) is 3.63. The van der Waals surface area contributed by atoms with E-state index < -0.39 is 5.97 Å². The molecule has 0 aliphatic rings. The number of aryl methyl sites for hydroxylation is 1. The zero-order valence-electron chi connectivity index (χ0n) is 19.4. The Labute approximate surface area is 214 Å². The molecule has 3 aromatic carbocycles. The number of aliphatic carboxylic acids is 1. The van der Waals surface area contributed by atoms with E-state index in [0.29, 0.717) is 34.0 Å². The second-order valence-electron chi connectivity index (χ2n) is 7.94. The number of ketones is 1. The fraction of sp³-hybridized carbons (Fsp3) is 0.259. The number of carbonyl (C=O) groups is 2. The van der Waals surface area contributed by atoms with Gasteiger partial charge in [0.2, 0.25) is 0 Å². The van der Waals surface area contributed by atoms with Crippen LogP contribution in [0.5, 0.6) is 5.75 Å². The number of nitrogens with one attached hydrogen (secondary N) is 1. The molecule has 3 aromatic rings. The van der Waals surface area contributed by atoms with Crippen molar-refractivity contribution in [2.45, 2.75) is 37.5 Å². The first-order valence-corrected chi connectivity index (χ1v) is 12.7.